The number of fused-ring (bicyclic) bond motifs is 1. The lowest BCUT2D eigenvalue weighted by molar-refractivity contribution is 0.0530. The van der Waals surface area contributed by atoms with E-state index >= 15 is 0 Å². The third-order valence-electron chi connectivity index (χ3n) is 5.76. The lowest BCUT2D eigenvalue weighted by atomic mass is 9.79. The Morgan fingerprint density at radius 1 is 1.28 bits per heavy atom. The van der Waals surface area contributed by atoms with Crippen LogP contribution in [0.15, 0.2) is 57.4 Å². The zero-order valence-electron chi connectivity index (χ0n) is 18.3. The Hall–Kier alpha value is -2.51. The van der Waals surface area contributed by atoms with Gasteiger partial charge in [0.2, 0.25) is 0 Å². The lowest BCUT2D eigenvalue weighted by Gasteiger charge is -2.25. The number of rotatable bonds is 7. The molecule has 0 saturated carbocycles. The molecule has 1 N–H and O–H groups in total. The van der Waals surface area contributed by atoms with Crippen LogP contribution in [0.25, 0.3) is 0 Å². The molecular formula is C25H27NO4S2. The summed E-state index contributed by atoms with van der Waals surface area (Å²) in [6, 6.07) is 7.98. The first-order valence-corrected chi connectivity index (χ1v) is 12.6. The van der Waals surface area contributed by atoms with Gasteiger partial charge in [0.25, 0.3) is 0 Å². The monoisotopic (exact) mass is 469 g/mol. The molecular weight excluding hydrogens is 442 g/mol. The first-order valence-electron chi connectivity index (χ1n) is 10.8. The minimum atomic E-state index is -0.310. The van der Waals surface area contributed by atoms with E-state index in [2.05, 4.69) is 23.4 Å². The number of hydrogen-bond donors (Lipinski definition) is 1. The number of allylic oxidation sites excluding steroid dienone is 3. The number of esters is 1. The number of methoxy groups -OCH3 is 1. The van der Waals surface area contributed by atoms with Gasteiger partial charge in [0.05, 0.1) is 23.6 Å². The van der Waals surface area contributed by atoms with E-state index in [9.17, 15) is 10.0 Å². The second kappa shape index (κ2) is 10.4. The maximum Gasteiger partial charge on any atom is 0.348 e. The summed E-state index contributed by atoms with van der Waals surface area (Å²) in [6.07, 6.45) is 10.2. The fourth-order valence-corrected chi connectivity index (χ4v) is 6.78. The number of carbonyl (C=O) groups is 1. The third kappa shape index (κ3) is 4.64. The van der Waals surface area contributed by atoms with Gasteiger partial charge in [-0.05, 0) is 61.4 Å². The van der Waals surface area contributed by atoms with E-state index in [1.54, 1.807) is 18.9 Å². The number of oxime groups is 1. The number of thioether (sulfide) groups is 1. The van der Waals surface area contributed by atoms with Gasteiger partial charge >= 0.3 is 5.97 Å². The number of nitrogens with zero attached hydrogens (tertiary/aromatic N) is 1. The summed E-state index contributed by atoms with van der Waals surface area (Å²) in [5.74, 6) is 1.33. The van der Waals surface area contributed by atoms with Gasteiger partial charge < -0.3 is 14.7 Å². The highest BCUT2D eigenvalue weighted by Crippen LogP contribution is 2.48. The highest BCUT2D eigenvalue weighted by molar-refractivity contribution is 8.01. The summed E-state index contributed by atoms with van der Waals surface area (Å²) in [4.78, 5) is 13.6. The highest BCUT2D eigenvalue weighted by Gasteiger charge is 2.36. The number of thiophene rings is 1. The average molecular weight is 470 g/mol. The Labute approximate surface area is 196 Å². The number of ether oxygens (including phenoxy) is 2. The maximum absolute atomic E-state index is 12.9. The van der Waals surface area contributed by atoms with Crippen molar-refractivity contribution >= 4 is 34.8 Å². The Morgan fingerprint density at radius 2 is 2.09 bits per heavy atom. The van der Waals surface area contributed by atoms with Gasteiger partial charge in [-0.2, -0.15) is 0 Å². The van der Waals surface area contributed by atoms with E-state index in [-0.39, 0.29) is 11.9 Å². The normalized spacial score (nSPS) is 18.9. The fraction of sp³-hybridized carbons (Fsp3) is 0.360. The minimum Gasteiger partial charge on any atom is -0.497 e. The van der Waals surface area contributed by atoms with Gasteiger partial charge in [-0.3, -0.25) is 0 Å². The highest BCUT2D eigenvalue weighted by atomic mass is 32.2. The Kier molecular flexibility index (Phi) is 7.37. The molecule has 1 aromatic carbocycles. The van der Waals surface area contributed by atoms with E-state index in [1.807, 2.05) is 31.2 Å². The topological polar surface area (TPSA) is 68.1 Å². The molecule has 2 aliphatic rings. The lowest BCUT2D eigenvalue weighted by Crippen LogP contribution is -2.19. The van der Waals surface area contributed by atoms with Crippen LogP contribution in [0.3, 0.4) is 0 Å². The predicted octanol–water partition coefficient (Wildman–Crippen LogP) is 6.41. The molecule has 0 bridgehead atoms. The molecule has 1 atom stereocenters. The van der Waals surface area contributed by atoms with E-state index in [4.69, 9.17) is 9.47 Å². The van der Waals surface area contributed by atoms with Gasteiger partial charge in [-0.1, -0.05) is 35.5 Å². The Morgan fingerprint density at radius 3 is 2.75 bits per heavy atom. The summed E-state index contributed by atoms with van der Waals surface area (Å²) in [6.45, 7) is 2.14. The molecule has 0 amide bonds. The molecule has 1 heterocycles. The summed E-state index contributed by atoms with van der Waals surface area (Å²) in [5.41, 5.74) is 4.87. The summed E-state index contributed by atoms with van der Waals surface area (Å²) in [5, 5.41) is 13.4. The zero-order valence-corrected chi connectivity index (χ0v) is 19.9. The smallest absolute Gasteiger partial charge is 0.348 e. The molecule has 4 rings (SSSR count). The van der Waals surface area contributed by atoms with Gasteiger partial charge in [-0.15, -0.1) is 23.1 Å². The van der Waals surface area contributed by atoms with Crippen molar-refractivity contribution < 1.29 is 19.5 Å². The van der Waals surface area contributed by atoms with E-state index in [0.29, 0.717) is 23.6 Å². The average Bonchev–Trinajstić information content (AvgIpc) is 3.23. The molecule has 0 saturated heterocycles. The molecule has 7 heteroatoms. The Balaban J connectivity index is 1.78. The van der Waals surface area contributed by atoms with Crippen LogP contribution in [0.5, 0.6) is 5.75 Å². The van der Waals surface area contributed by atoms with Crippen LogP contribution < -0.4 is 4.74 Å². The van der Waals surface area contributed by atoms with Crippen molar-refractivity contribution in [3.05, 3.63) is 69.6 Å². The van der Waals surface area contributed by atoms with E-state index in [1.165, 1.54) is 16.9 Å². The second-order valence-corrected chi connectivity index (χ2v) is 9.95. The minimum absolute atomic E-state index is 0.0280. The van der Waals surface area contributed by atoms with Crippen molar-refractivity contribution in [3.8, 4) is 5.75 Å². The third-order valence-corrected chi connectivity index (χ3v) is 8.29. The SMILES string of the molecule is CCOC(=O)c1sc(SCC2=CCCC=C2)c2c1C(c1ccc(OC)cc1)CC/C2=N\O. The van der Waals surface area contributed by atoms with Gasteiger partial charge in [-0.25, -0.2) is 4.79 Å². The Bertz CT molecular complexity index is 1070. The molecule has 0 radical (unpaired) electrons. The number of benzene rings is 1. The second-order valence-electron chi connectivity index (χ2n) is 7.69. The van der Waals surface area contributed by atoms with E-state index < -0.39 is 0 Å². The van der Waals surface area contributed by atoms with Crippen molar-refractivity contribution in [1.29, 1.82) is 0 Å². The molecule has 0 aliphatic heterocycles. The summed E-state index contributed by atoms with van der Waals surface area (Å²) < 4.78 is 11.7. The van der Waals surface area contributed by atoms with Crippen LogP contribution in [0.2, 0.25) is 0 Å². The molecule has 0 spiro atoms. The summed E-state index contributed by atoms with van der Waals surface area (Å²) >= 11 is 3.16. The largest absolute Gasteiger partial charge is 0.497 e. The van der Waals surface area contributed by atoms with Crippen LogP contribution in [-0.4, -0.2) is 36.4 Å². The number of carbonyl (C=O) groups excluding carboxylic acids is 1. The standard InChI is InChI=1S/C25H27NO4S2/c1-3-30-24(27)23-21-19(17-9-11-18(29-2)12-10-17)13-14-20(26-28)22(21)25(32-23)31-15-16-7-5-4-6-8-16/h5,7-12,19,28H,3-4,6,13-15H2,1-2H3/b26-20+. The fourth-order valence-electron chi connectivity index (χ4n) is 4.22. The molecule has 0 fully saturated rings. The van der Waals surface area contributed by atoms with Crippen molar-refractivity contribution in [2.45, 2.75) is 42.7 Å². The quantitative estimate of drug-likeness (QED) is 0.220. The van der Waals surface area contributed by atoms with E-state index in [0.717, 1.165) is 51.7 Å². The molecule has 1 aromatic heterocycles. The zero-order chi connectivity index (χ0) is 22.5. The predicted molar refractivity (Wildman–Crippen MR) is 130 cm³/mol. The first kappa shape index (κ1) is 22.7. The first-order chi connectivity index (χ1) is 15.7. The van der Waals surface area contributed by atoms with Gasteiger partial charge in [0.15, 0.2) is 0 Å². The van der Waals surface area contributed by atoms with Crippen LogP contribution in [-0.2, 0) is 4.74 Å². The molecule has 1 unspecified atom stereocenters. The van der Waals surface area contributed by atoms with Crippen LogP contribution in [0.4, 0.5) is 0 Å². The molecule has 2 aliphatic carbocycles. The maximum atomic E-state index is 12.9. The van der Waals surface area contributed by atoms with Crippen molar-refractivity contribution in [2.75, 3.05) is 19.5 Å². The van der Waals surface area contributed by atoms with Crippen LogP contribution in [0, 0.1) is 0 Å². The van der Waals surface area contributed by atoms with Crippen molar-refractivity contribution in [2.24, 2.45) is 5.16 Å². The van der Waals surface area contributed by atoms with Gasteiger partial charge in [0.1, 0.15) is 10.6 Å². The van der Waals surface area contributed by atoms with Crippen LogP contribution in [0.1, 0.15) is 64.9 Å². The molecule has 5 nitrogen and oxygen atoms in total. The van der Waals surface area contributed by atoms with Crippen molar-refractivity contribution in [3.63, 3.8) is 0 Å². The van der Waals surface area contributed by atoms with Gasteiger partial charge in [0, 0.05) is 17.2 Å². The molecule has 2 aromatic rings. The van der Waals surface area contributed by atoms with Crippen LogP contribution >= 0.6 is 23.1 Å². The van der Waals surface area contributed by atoms with Crippen molar-refractivity contribution in [1.82, 2.24) is 0 Å². The molecule has 168 valence electrons. The molecule has 32 heavy (non-hydrogen) atoms. The number of hydrogen-bond acceptors (Lipinski definition) is 7. The summed E-state index contributed by atoms with van der Waals surface area (Å²) in [7, 11) is 1.65.